The van der Waals surface area contributed by atoms with Gasteiger partial charge in [-0.15, -0.1) is 5.10 Å². The lowest BCUT2D eigenvalue weighted by Gasteiger charge is -2.07. The second kappa shape index (κ2) is 8.12. The van der Waals surface area contributed by atoms with Crippen LogP contribution >= 0.6 is 22.9 Å². The van der Waals surface area contributed by atoms with Crippen molar-refractivity contribution in [3.05, 3.63) is 74.0 Å². The van der Waals surface area contributed by atoms with Crippen LogP contribution in [0, 0.1) is 0 Å². The molecule has 7 heteroatoms. The third kappa shape index (κ3) is 3.79. The minimum atomic E-state index is -0.191. The normalized spacial score (nSPS) is 12.0. The molecule has 0 aliphatic carbocycles. The SMILES string of the molecule is CCCCOc1ccccc1C=c1sc2nc(-c3cccc(Cl)c3)nn2c1=O. The zero-order valence-corrected chi connectivity index (χ0v) is 16.8. The van der Waals surface area contributed by atoms with Gasteiger partial charge in [-0.25, -0.2) is 0 Å². The standard InChI is InChI=1S/C21H18ClN3O2S/c1-2-3-11-27-17-10-5-4-7-14(17)13-18-20(26)25-21(28-18)23-19(24-25)15-8-6-9-16(22)12-15/h4-10,12-13H,2-3,11H2,1H3. The Balaban J connectivity index is 1.72. The van der Waals surface area contributed by atoms with Crippen LogP contribution in [0.5, 0.6) is 5.75 Å². The van der Waals surface area contributed by atoms with Crippen LogP contribution in [0.3, 0.4) is 0 Å². The molecule has 0 aliphatic rings. The van der Waals surface area contributed by atoms with Crippen LogP contribution in [0.1, 0.15) is 25.3 Å². The Morgan fingerprint density at radius 3 is 2.86 bits per heavy atom. The highest BCUT2D eigenvalue weighted by Gasteiger charge is 2.12. The van der Waals surface area contributed by atoms with Gasteiger partial charge in [0.2, 0.25) is 4.96 Å². The Morgan fingerprint density at radius 1 is 1.21 bits per heavy atom. The molecule has 0 bridgehead atoms. The predicted molar refractivity (Wildman–Crippen MR) is 113 cm³/mol. The van der Waals surface area contributed by atoms with E-state index in [1.54, 1.807) is 12.1 Å². The first kappa shape index (κ1) is 18.7. The maximum absolute atomic E-state index is 12.8. The van der Waals surface area contributed by atoms with Crippen LogP contribution in [0.4, 0.5) is 0 Å². The summed E-state index contributed by atoms with van der Waals surface area (Å²) in [5, 5.41) is 4.97. The number of benzene rings is 2. The van der Waals surface area contributed by atoms with Crippen molar-refractivity contribution in [2.75, 3.05) is 6.61 Å². The van der Waals surface area contributed by atoms with Crippen molar-refractivity contribution < 1.29 is 4.74 Å². The van der Waals surface area contributed by atoms with Crippen molar-refractivity contribution in [3.63, 3.8) is 0 Å². The number of para-hydroxylation sites is 1. The summed E-state index contributed by atoms with van der Waals surface area (Å²) in [4.78, 5) is 17.8. The molecule has 4 rings (SSSR count). The summed E-state index contributed by atoms with van der Waals surface area (Å²) in [6.07, 6.45) is 3.90. The third-order valence-electron chi connectivity index (χ3n) is 4.23. The van der Waals surface area contributed by atoms with E-state index in [9.17, 15) is 4.79 Å². The average Bonchev–Trinajstić information content (AvgIpc) is 3.23. The summed E-state index contributed by atoms with van der Waals surface area (Å²) < 4.78 is 7.76. The number of thiazole rings is 1. The number of fused-ring (bicyclic) bond motifs is 1. The number of hydrogen-bond acceptors (Lipinski definition) is 5. The molecular weight excluding hydrogens is 394 g/mol. The lowest BCUT2D eigenvalue weighted by molar-refractivity contribution is 0.309. The molecule has 4 aromatic rings. The van der Waals surface area contributed by atoms with E-state index in [0.29, 0.717) is 26.9 Å². The molecule has 0 aliphatic heterocycles. The van der Waals surface area contributed by atoms with Gasteiger partial charge >= 0.3 is 0 Å². The smallest absolute Gasteiger partial charge is 0.291 e. The van der Waals surface area contributed by atoms with Crippen LogP contribution in [0.25, 0.3) is 22.4 Å². The first-order valence-corrected chi connectivity index (χ1v) is 10.2. The van der Waals surface area contributed by atoms with Crippen molar-refractivity contribution in [2.24, 2.45) is 0 Å². The summed E-state index contributed by atoms with van der Waals surface area (Å²) >= 11 is 7.34. The van der Waals surface area contributed by atoms with Gasteiger partial charge in [-0.3, -0.25) is 4.79 Å². The van der Waals surface area contributed by atoms with E-state index in [4.69, 9.17) is 16.3 Å². The fourth-order valence-electron chi connectivity index (χ4n) is 2.78. The summed E-state index contributed by atoms with van der Waals surface area (Å²) in [5.41, 5.74) is 1.46. The summed E-state index contributed by atoms with van der Waals surface area (Å²) in [7, 11) is 0. The number of ether oxygens (including phenoxy) is 1. The molecule has 0 saturated heterocycles. The van der Waals surface area contributed by atoms with E-state index in [0.717, 1.165) is 29.7 Å². The molecule has 0 N–H and O–H groups in total. The van der Waals surface area contributed by atoms with Crippen molar-refractivity contribution >= 4 is 34.0 Å². The number of hydrogen-bond donors (Lipinski definition) is 0. The Kier molecular flexibility index (Phi) is 5.41. The molecule has 5 nitrogen and oxygen atoms in total. The minimum absolute atomic E-state index is 0.191. The highest BCUT2D eigenvalue weighted by molar-refractivity contribution is 7.15. The Labute approximate surface area is 170 Å². The highest BCUT2D eigenvalue weighted by atomic mass is 35.5. The third-order valence-corrected chi connectivity index (χ3v) is 5.42. The van der Waals surface area contributed by atoms with Gasteiger partial charge in [0.05, 0.1) is 11.1 Å². The largest absolute Gasteiger partial charge is 0.493 e. The van der Waals surface area contributed by atoms with Crippen molar-refractivity contribution in [1.29, 1.82) is 0 Å². The van der Waals surface area contributed by atoms with E-state index in [2.05, 4.69) is 17.0 Å². The molecule has 0 amide bonds. The van der Waals surface area contributed by atoms with Crippen LogP contribution < -0.4 is 14.8 Å². The molecule has 0 saturated carbocycles. The van der Waals surface area contributed by atoms with Crippen LogP contribution in [0.15, 0.2) is 53.3 Å². The number of rotatable bonds is 6. The van der Waals surface area contributed by atoms with Gasteiger partial charge in [-0.2, -0.15) is 9.50 Å². The molecule has 2 aromatic carbocycles. The van der Waals surface area contributed by atoms with Gasteiger partial charge in [-0.05, 0) is 30.7 Å². The molecule has 142 valence electrons. The van der Waals surface area contributed by atoms with Gasteiger partial charge in [-0.1, -0.05) is 66.6 Å². The van der Waals surface area contributed by atoms with Crippen molar-refractivity contribution in [2.45, 2.75) is 19.8 Å². The zero-order chi connectivity index (χ0) is 19.5. The van der Waals surface area contributed by atoms with Crippen molar-refractivity contribution in [1.82, 2.24) is 14.6 Å². The van der Waals surface area contributed by atoms with E-state index in [-0.39, 0.29) is 5.56 Å². The second-order valence-electron chi connectivity index (χ2n) is 6.30. The molecule has 28 heavy (non-hydrogen) atoms. The average molecular weight is 412 g/mol. The van der Waals surface area contributed by atoms with Crippen LogP contribution in [-0.2, 0) is 0 Å². The second-order valence-corrected chi connectivity index (χ2v) is 7.74. The fraction of sp³-hybridized carbons (Fsp3) is 0.190. The maximum Gasteiger partial charge on any atom is 0.291 e. The van der Waals surface area contributed by atoms with Gasteiger partial charge in [0, 0.05) is 16.1 Å². The molecule has 0 spiro atoms. The zero-order valence-electron chi connectivity index (χ0n) is 15.3. The van der Waals surface area contributed by atoms with Crippen LogP contribution in [-0.4, -0.2) is 21.2 Å². The first-order valence-electron chi connectivity index (χ1n) is 9.05. The molecule has 0 fully saturated rings. The maximum atomic E-state index is 12.8. The lowest BCUT2D eigenvalue weighted by Crippen LogP contribution is -2.23. The first-order chi connectivity index (χ1) is 13.7. The number of nitrogens with zero attached hydrogens (tertiary/aromatic N) is 3. The van der Waals surface area contributed by atoms with Crippen LogP contribution in [0.2, 0.25) is 5.02 Å². The number of halogens is 1. The molecule has 0 unspecified atom stereocenters. The Bertz CT molecular complexity index is 1230. The summed E-state index contributed by atoms with van der Waals surface area (Å²) in [6.45, 7) is 2.78. The van der Waals surface area contributed by atoms with Gasteiger partial charge in [0.25, 0.3) is 5.56 Å². The Morgan fingerprint density at radius 2 is 2.07 bits per heavy atom. The summed E-state index contributed by atoms with van der Waals surface area (Å²) in [5.74, 6) is 1.26. The van der Waals surface area contributed by atoms with E-state index < -0.39 is 0 Å². The highest BCUT2D eigenvalue weighted by Crippen LogP contribution is 2.21. The van der Waals surface area contributed by atoms with E-state index in [1.807, 2.05) is 42.5 Å². The molecule has 0 atom stereocenters. The lowest BCUT2D eigenvalue weighted by atomic mass is 10.2. The number of aromatic nitrogens is 3. The van der Waals surface area contributed by atoms with E-state index in [1.165, 1.54) is 15.9 Å². The topological polar surface area (TPSA) is 56.5 Å². The predicted octanol–water partition coefficient (Wildman–Crippen LogP) is 4.20. The van der Waals surface area contributed by atoms with E-state index >= 15 is 0 Å². The van der Waals surface area contributed by atoms with Gasteiger partial charge in [0.1, 0.15) is 5.75 Å². The number of unbranched alkanes of at least 4 members (excludes halogenated alkanes) is 1. The van der Waals surface area contributed by atoms with Crippen molar-refractivity contribution in [3.8, 4) is 17.1 Å². The monoisotopic (exact) mass is 411 g/mol. The quantitative estimate of drug-likeness (QED) is 0.446. The van der Waals surface area contributed by atoms with Gasteiger partial charge < -0.3 is 4.74 Å². The fourth-order valence-corrected chi connectivity index (χ4v) is 3.87. The molecular formula is C21H18ClN3O2S. The van der Waals surface area contributed by atoms with Gasteiger partial charge in [0.15, 0.2) is 5.82 Å². The Hall–Kier alpha value is -2.70. The molecule has 0 radical (unpaired) electrons. The summed E-state index contributed by atoms with van der Waals surface area (Å²) in [6, 6.07) is 15.0. The minimum Gasteiger partial charge on any atom is -0.493 e. The molecule has 2 heterocycles. The molecule has 2 aromatic heterocycles.